The van der Waals surface area contributed by atoms with E-state index in [1.165, 1.54) is 24.8 Å². The highest BCUT2D eigenvalue weighted by atomic mass is 32.2. The Bertz CT molecular complexity index is 939. The monoisotopic (exact) mass is 403 g/mol. The van der Waals surface area contributed by atoms with Crippen LogP contribution in [0.1, 0.15) is 30.4 Å². The van der Waals surface area contributed by atoms with Crippen molar-refractivity contribution in [2.24, 2.45) is 5.14 Å². The van der Waals surface area contributed by atoms with E-state index in [4.69, 9.17) is 10.5 Å². The summed E-state index contributed by atoms with van der Waals surface area (Å²) in [5.41, 5.74) is 1.44. The first-order valence-corrected chi connectivity index (χ1v) is 10.7. The molecule has 0 aliphatic carbocycles. The third kappa shape index (κ3) is 4.57. The van der Waals surface area contributed by atoms with Crippen LogP contribution in [0.3, 0.4) is 0 Å². The van der Waals surface area contributed by atoms with Crippen molar-refractivity contribution in [3.05, 3.63) is 35.4 Å². The van der Waals surface area contributed by atoms with Crippen LogP contribution >= 0.6 is 0 Å². The molecule has 1 aromatic heterocycles. The summed E-state index contributed by atoms with van der Waals surface area (Å²) in [6.07, 6.45) is 4.67. The molecular weight excluding hydrogens is 378 g/mol. The van der Waals surface area contributed by atoms with Gasteiger partial charge in [-0.15, -0.1) is 0 Å². The number of rotatable bonds is 7. The second-order valence-electron chi connectivity index (χ2n) is 6.62. The number of piperidine rings is 1. The zero-order chi connectivity index (χ0) is 20.1. The molecule has 1 fully saturated rings. The quantitative estimate of drug-likeness (QED) is 0.517. The highest BCUT2D eigenvalue weighted by Gasteiger charge is 2.18. The number of aromatic nitrogens is 2. The van der Waals surface area contributed by atoms with Crippen molar-refractivity contribution in [2.75, 3.05) is 35.7 Å². The summed E-state index contributed by atoms with van der Waals surface area (Å²) in [7, 11) is -1.94. The summed E-state index contributed by atoms with van der Waals surface area (Å²) in [5, 5.41) is 19.2. The molecule has 2 aromatic rings. The van der Waals surface area contributed by atoms with Gasteiger partial charge in [-0.05, 0) is 37.0 Å². The normalized spacial score (nSPS) is 14.6. The minimum Gasteiger partial charge on any atom is -0.372 e. The molecule has 0 saturated carbocycles. The second-order valence-corrected chi connectivity index (χ2v) is 8.18. The molecule has 9 nitrogen and oxygen atoms in total. The Balaban J connectivity index is 1.84. The van der Waals surface area contributed by atoms with E-state index >= 15 is 0 Å². The number of hydrogen-bond donors (Lipinski definition) is 4. The van der Waals surface area contributed by atoms with Crippen LogP contribution in [-0.2, 0) is 16.6 Å². The van der Waals surface area contributed by atoms with Crippen LogP contribution in [0.5, 0.6) is 0 Å². The van der Waals surface area contributed by atoms with E-state index in [9.17, 15) is 8.42 Å². The number of nitrogens with two attached hydrogens (primary N) is 1. The van der Waals surface area contributed by atoms with E-state index in [1.807, 2.05) is 0 Å². The Morgan fingerprint density at radius 1 is 1.14 bits per heavy atom. The van der Waals surface area contributed by atoms with E-state index in [-0.39, 0.29) is 4.90 Å². The van der Waals surface area contributed by atoms with E-state index in [0.717, 1.165) is 31.5 Å². The fraction of sp³-hybridized carbons (Fsp3) is 0.389. The van der Waals surface area contributed by atoms with Crippen molar-refractivity contribution in [3.8, 4) is 0 Å². The maximum Gasteiger partial charge on any atom is 0.238 e. The van der Waals surface area contributed by atoms with Gasteiger partial charge in [0.15, 0.2) is 0 Å². The lowest BCUT2D eigenvalue weighted by atomic mass is 10.1. The van der Waals surface area contributed by atoms with Crippen molar-refractivity contribution >= 4 is 33.8 Å². The molecule has 150 valence electrons. The van der Waals surface area contributed by atoms with Crippen molar-refractivity contribution < 1.29 is 8.42 Å². The van der Waals surface area contributed by atoms with Gasteiger partial charge in [-0.25, -0.2) is 13.6 Å². The number of sulfonamides is 1. The number of nitrogens with zero attached hydrogens (tertiary/aromatic N) is 3. The molecule has 1 aliphatic rings. The summed E-state index contributed by atoms with van der Waals surface area (Å²) in [6, 6.07) is 6.34. The Hall–Kier alpha value is -2.72. The Morgan fingerprint density at radius 2 is 1.79 bits per heavy atom. The molecule has 1 aliphatic heterocycles. The SMILES string of the molecule is CNc1nc(N2CCCCC2)nc(NCc2ccc(S(N)(=O)=O)cc2)c1C=N. The molecule has 1 aromatic carbocycles. The van der Waals surface area contributed by atoms with Gasteiger partial charge in [0.2, 0.25) is 16.0 Å². The Kier molecular flexibility index (Phi) is 6.10. The molecule has 0 unspecified atom stereocenters. The van der Waals surface area contributed by atoms with E-state index < -0.39 is 10.0 Å². The van der Waals surface area contributed by atoms with Crippen LogP contribution in [0.4, 0.5) is 17.6 Å². The molecule has 0 bridgehead atoms. The average molecular weight is 404 g/mol. The fourth-order valence-electron chi connectivity index (χ4n) is 3.14. The number of benzene rings is 1. The summed E-state index contributed by atoms with van der Waals surface area (Å²) in [4.78, 5) is 11.4. The highest BCUT2D eigenvalue weighted by Crippen LogP contribution is 2.25. The molecule has 0 amide bonds. The van der Waals surface area contributed by atoms with Crippen molar-refractivity contribution in [3.63, 3.8) is 0 Å². The third-order valence-corrected chi connectivity index (χ3v) is 5.59. The minimum absolute atomic E-state index is 0.0725. The van der Waals surface area contributed by atoms with Crippen LogP contribution in [0.2, 0.25) is 0 Å². The van der Waals surface area contributed by atoms with Gasteiger partial charge in [0.25, 0.3) is 0 Å². The van der Waals surface area contributed by atoms with Gasteiger partial charge in [0.05, 0.1) is 10.5 Å². The van der Waals surface area contributed by atoms with E-state index in [1.54, 1.807) is 19.2 Å². The number of hydrogen-bond acceptors (Lipinski definition) is 8. The van der Waals surface area contributed by atoms with Gasteiger partial charge in [0, 0.05) is 32.9 Å². The predicted molar refractivity (Wildman–Crippen MR) is 111 cm³/mol. The zero-order valence-corrected chi connectivity index (χ0v) is 16.6. The van der Waals surface area contributed by atoms with Gasteiger partial charge in [-0.1, -0.05) is 12.1 Å². The first-order valence-electron chi connectivity index (χ1n) is 9.13. The summed E-state index contributed by atoms with van der Waals surface area (Å²) in [5.74, 6) is 1.80. The van der Waals surface area contributed by atoms with Gasteiger partial charge in [-0.3, -0.25) is 0 Å². The first kappa shape index (κ1) is 20.0. The number of nitrogens with one attached hydrogen (secondary N) is 3. The van der Waals surface area contributed by atoms with Crippen molar-refractivity contribution in [1.29, 1.82) is 5.41 Å². The summed E-state index contributed by atoms with van der Waals surface area (Å²) in [6.45, 7) is 2.26. The van der Waals surface area contributed by atoms with Crippen molar-refractivity contribution in [1.82, 2.24) is 9.97 Å². The summed E-state index contributed by atoms with van der Waals surface area (Å²) >= 11 is 0. The molecular formula is C18H25N7O2S. The van der Waals surface area contributed by atoms with Gasteiger partial charge >= 0.3 is 0 Å². The molecule has 5 N–H and O–H groups in total. The van der Waals surface area contributed by atoms with Gasteiger partial charge < -0.3 is 20.9 Å². The number of anilines is 3. The molecule has 2 heterocycles. The van der Waals surface area contributed by atoms with E-state index in [2.05, 4.69) is 25.5 Å². The topological polar surface area (TPSA) is 137 Å². The maximum absolute atomic E-state index is 11.4. The largest absolute Gasteiger partial charge is 0.372 e. The van der Waals surface area contributed by atoms with Crippen LogP contribution in [-0.4, -0.2) is 44.7 Å². The first-order chi connectivity index (χ1) is 13.4. The van der Waals surface area contributed by atoms with Gasteiger partial charge in [0.1, 0.15) is 11.6 Å². The third-order valence-electron chi connectivity index (χ3n) is 4.67. The van der Waals surface area contributed by atoms with Crippen LogP contribution in [0, 0.1) is 5.41 Å². The van der Waals surface area contributed by atoms with Crippen LogP contribution in [0.15, 0.2) is 29.2 Å². The molecule has 1 saturated heterocycles. The average Bonchev–Trinajstić information content (AvgIpc) is 2.71. The second kappa shape index (κ2) is 8.53. The maximum atomic E-state index is 11.4. The molecule has 0 spiro atoms. The smallest absolute Gasteiger partial charge is 0.238 e. The summed E-state index contributed by atoms with van der Waals surface area (Å²) < 4.78 is 22.7. The standard InChI is InChI=1S/C18H25N7O2S/c1-21-16-15(11-19)17(24-18(23-16)25-9-3-2-4-10-25)22-12-13-5-7-14(8-6-13)28(20,26)27/h5-8,11,19H,2-4,9-10,12H2,1H3,(H2,20,26,27)(H2,21,22,23,24). The lowest BCUT2D eigenvalue weighted by molar-refractivity contribution is 0.568. The molecule has 0 atom stereocenters. The van der Waals surface area contributed by atoms with Crippen LogP contribution in [0.25, 0.3) is 0 Å². The zero-order valence-electron chi connectivity index (χ0n) is 15.8. The Labute approximate surface area is 164 Å². The predicted octanol–water partition coefficient (Wildman–Crippen LogP) is 1.77. The van der Waals surface area contributed by atoms with E-state index in [0.29, 0.717) is 29.7 Å². The number of primary sulfonamides is 1. The molecule has 28 heavy (non-hydrogen) atoms. The lowest BCUT2D eigenvalue weighted by Gasteiger charge is -2.27. The molecule has 10 heteroatoms. The Morgan fingerprint density at radius 3 is 2.36 bits per heavy atom. The highest BCUT2D eigenvalue weighted by molar-refractivity contribution is 7.89. The van der Waals surface area contributed by atoms with Gasteiger partial charge in [-0.2, -0.15) is 9.97 Å². The lowest BCUT2D eigenvalue weighted by Crippen LogP contribution is -2.31. The minimum atomic E-state index is -3.71. The van der Waals surface area contributed by atoms with Crippen LogP contribution < -0.4 is 20.7 Å². The van der Waals surface area contributed by atoms with Crippen molar-refractivity contribution in [2.45, 2.75) is 30.7 Å². The molecule has 0 radical (unpaired) electrons. The fourth-order valence-corrected chi connectivity index (χ4v) is 3.65. The molecule has 3 rings (SSSR count).